The number of hydrogen-bond acceptors (Lipinski definition) is 4. The molecule has 0 radical (unpaired) electrons. The summed E-state index contributed by atoms with van der Waals surface area (Å²) in [6, 6.07) is 6.91. The molecule has 0 aliphatic heterocycles. The fraction of sp³-hybridized carbons (Fsp3) is 0. The number of phenols is 1. The van der Waals surface area contributed by atoms with Crippen LogP contribution in [-0.4, -0.2) is 38.3 Å². The lowest BCUT2D eigenvalue weighted by molar-refractivity contribution is 0.0682. The average Bonchev–Trinajstić information content (AvgIpc) is 2.46. The lowest BCUT2D eigenvalue weighted by Crippen LogP contribution is -2.03. The Balaban J connectivity index is 2.63. The number of carboxylic acid groups (broad SMARTS) is 3. The molecule has 0 heterocycles. The summed E-state index contributed by atoms with van der Waals surface area (Å²) in [5, 5.41) is 36.8. The van der Waals surface area contributed by atoms with Crippen LogP contribution in [-0.2, 0) is 0 Å². The molecule has 0 saturated carbocycles. The first-order chi connectivity index (χ1) is 10.3. The van der Waals surface area contributed by atoms with Crippen molar-refractivity contribution < 1.29 is 34.8 Å². The quantitative estimate of drug-likeness (QED) is 0.680. The zero-order chi connectivity index (χ0) is 16.4. The standard InChI is InChI=1S/C15H10O7/c16-12-6-7(13(17)18)1-2-11(12)8-3-9(14(19)20)5-10(4-8)15(21)22/h1-6,16H,(H,17,18)(H,19,20)(H,21,22). The number of rotatable bonds is 4. The molecule has 0 unspecified atom stereocenters. The Morgan fingerprint density at radius 3 is 1.59 bits per heavy atom. The SMILES string of the molecule is O=C(O)c1cc(C(=O)O)cc(-c2ccc(C(=O)O)cc2O)c1. The molecule has 4 N–H and O–H groups in total. The van der Waals surface area contributed by atoms with Crippen molar-refractivity contribution in [1.29, 1.82) is 0 Å². The van der Waals surface area contributed by atoms with Gasteiger partial charge in [-0.15, -0.1) is 0 Å². The highest BCUT2D eigenvalue weighted by atomic mass is 16.4. The smallest absolute Gasteiger partial charge is 0.335 e. The summed E-state index contributed by atoms with van der Waals surface area (Å²) >= 11 is 0. The van der Waals surface area contributed by atoms with Gasteiger partial charge in [0.05, 0.1) is 16.7 Å². The van der Waals surface area contributed by atoms with Crippen LogP contribution in [0.4, 0.5) is 0 Å². The van der Waals surface area contributed by atoms with Gasteiger partial charge >= 0.3 is 17.9 Å². The Morgan fingerprint density at radius 2 is 1.18 bits per heavy atom. The molecule has 22 heavy (non-hydrogen) atoms. The third-order valence-electron chi connectivity index (χ3n) is 2.98. The van der Waals surface area contributed by atoms with E-state index in [1.165, 1.54) is 24.3 Å². The van der Waals surface area contributed by atoms with Crippen molar-refractivity contribution in [3.63, 3.8) is 0 Å². The molecule has 0 aromatic heterocycles. The summed E-state index contributed by atoms with van der Waals surface area (Å²) < 4.78 is 0. The minimum absolute atomic E-state index is 0.135. The highest BCUT2D eigenvalue weighted by molar-refractivity contribution is 5.97. The summed E-state index contributed by atoms with van der Waals surface area (Å²) in [4.78, 5) is 32.9. The van der Waals surface area contributed by atoms with Gasteiger partial charge in [0, 0.05) is 5.56 Å². The van der Waals surface area contributed by atoms with Crippen LogP contribution in [0.2, 0.25) is 0 Å². The average molecular weight is 302 g/mol. The fourth-order valence-electron chi connectivity index (χ4n) is 1.94. The van der Waals surface area contributed by atoms with Crippen LogP contribution < -0.4 is 0 Å². The molecule has 0 bridgehead atoms. The summed E-state index contributed by atoms with van der Waals surface area (Å²) in [5.41, 5.74) is -0.357. The van der Waals surface area contributed by atoms with Crippen LogP contribution in [0.5, 0.6) is 5.75 Å². The Kier molecular flexibility index (Phi) is 3.81. The molecule has 7 nitrogen and oxygen atoms in total. The third-order valence-corrected chi connectivity index (χ3v) is 2.98. The van der Waals surface area contributed by atoms with Gasteiger partial charge in [0.15, 0.2) is 0 Å². The zero-order valence-corrected chi connectivity index (χ0v) is 11.0. The minimum Gasteiger partial charge on any atom is -0.507 e. The largest absolute Gasteiger partial charge is 0.507 e. The van der Waals surface area contributed by atoms with Crippen LogP contribution in [0.15, 0.2) is 36.4 Å². The van der Waals surface area contributed by atoms with Crippen LogP contribution in [0.1, 0.15) is 31.1 Å². The van der Waals surface area contributed by atoms with Crippen molar-refractivity contribution in [2.45, 2.75) is 0 Å². The van der Waals surface area contributed by atoms with E-state index >= 15 is 0 Å². The number of carbonyl (C=O) groups is 3. The summed E-state index contributed by atoms with van der Waals surface area (Å²) in [7, 11) is 0. The second-order valence-electron chi connectivity index (χ2n) is 4.45. The van der Waals surface area contributed by atoms with Crippen LogP contribution in [0.25, 0.3) is 11.1 Å². The Morgan fingerprint density at radius 1 is 0.682 bits per heavy atom. The van der Waals surface area contributed by atoms with Crippen molar-refractivity contribution in [3.05, 3.63) is 53.1 Å². The molecule has 2 rings (SSSR count). The monoisotopic (exact) mass is 302 g/mol. The Bertz CT molecular complexity index is 760. The van der Waals surface area contributed by atoms with E-state index in [2.05, 4.69) is 0 Å². The van der Waals surface area contributed by atoms with Gasteiger partial charge in [-0.2, -0.15) is 0 Å². The second kappa shape index (κ2) is 5.57. The van der Waals surface area contributed by atoms with Gasteiger partial charge < -0.3 is 20.4 Å². The van der Waals surface area contributed by atoms with Crippen molar-refractivity contribution in [1.82, 2.24) is 0 Å². The normalized spacial score (nSPS) is 10.2. The number of phenolic OH excluding ortho intramolecular Hbond substituents is 1. The predicted molar refractivity (Wildman–Crippen MR) is 74.4 cm³/mol. The first-order valence-corrected chi connectivity index (χ1v) is 5.98. The van der Waals surface area contributed by atoms with E-state index in [0.29, 0.717) is 0 Å². The van der Waals surface area contributed by atoms with E-state index < -0.39 is 23.7 Å². The molecular weight excluding hydrogens is 292 g/mol. The fourth-order valence-corrected chi connectivity index (χ4v) is 1.94. The summed E-state index contributed by atoms with van der Waals surface area (Å²) in [5.74, 6) is -4.25. The number of aromatic hydroxyl groups is 1. The zero-order valence-electron chi connectivity index (χ0n) is 11.0. The van der Waals surface area contributed by atoms with Gasteiger partial charge in [0.25, 0.3) is 0 Å². The molecule has 112 valence electrons. The van der Waals surface area contributed by atoms with Gasteiger partial charge in [-0.1, -0.05) is 0 Å². The molecule has 0 spiro atoms. The molecule has 2 aromatic rings. The van der Waals surface area contributed by atoms with Crippen molar-refractivity contribution in [3.8, 4) is 16.9 Å². The highest BCUT2D eigenvalue weighted by Gasteiger charge is 2.15. The molecule has 0 aliphatic carbocycles. The van der Waals surface area contributed by atoms with E-state index in [-0.39, 0.29) is 27.8 Å². The van der Waals surface area contributed by atoms with E-state index in [1.54, 1.807) is 0 Å². The van der Waals surface area contributed by atoms with Crippen LogP contribution in [0.3, 0.4) is 0 Å². The number of aromatic carboxylic acids is 3. The molecule has 0 atom stereocenters. The molecule has 0 fully saturated rings. The van der Waals surface area contributed by atoms with Gasteiger partial charge in [-0.25, -0.2) is 14.4 Å². The van der Waals surface area contributed by atoms with Crippen LogP contribution in [0, 0.1) is 0 Å². The van der Waals surface area contributed by atoms with Gasteiger partial charge in [-0.05, 0) is 42.0 Å². The Labute approximate surface area is 123 Å². The van der Waals surface area contributed by atoms with E-state index in [0.717, 1.165) is 12.1 Å². The minimum atomic E-state index is -1.31. The third kappa shape index (κ3) is 2.88. The van der Waals surface area contributed by atoms with E-state index in [9.17, 15) is 19.5 Å². The molecule has 0 aliphatic rings. The maximum absolute atomic E-state index is 11.1. The van der Waals surface area contributed by atoms with Gasteiger partial charge in [-0.3, -0.25) is 0 Å². The van der Waals surface area contributed by atoms with Crippen molar-refractivity contribution in [2.24, 2.45) is 0 Å². The van der Waals surface area contributed by atoms with Crippen LogP contribution >= 0.6 is 0 Å². The number of benzene rings is 2. The van der Waals surface area contributed by atoms with Gasteiger partial charge in [0.1, 0.15) is 5.75 Å². The lowest BCUT2D eigenvalue weighted by Gasteiger charge is -2.08. The summed E-state index contributed by atoms with van der Waals surface area (Å²) in [6.07, 6.45) is 0. The maximum Gasteiger partial charge on any atom is 0.335 e. The first kappa shape index (κ1) is 15.0. The highest BCUT2D eigenvalue weighted by Crippen LogP contribution is 2.31. The number of hydrogen-bond donors (Lipinski definition) is 4. The summed E-state index contributed by atoms with van der Waals surface area (Å²) in [6.45, 7) is 0. The van der Waals surface area contributed by atoms with Crippen molar-refractivity contribution in [2.75, 3.05) is 0 Å². The number of carboxylic acids is 3. The molecule has 0 amide bonds. The van der Waals surface area contributed by atoms with Gasteiger partial charge in [0.2, 0.25) is 0 Å². The Hall–Kier alpha value is -3.35. The molecule has 7 heteroatoms. The van der Waals surface area contributed by atoms with E-state index in [4.69, 9.17) is 15.3 Å². The molecular formula is C15H10O7. The lowest BCUT2D eigenvalue weighted by atomic mass is 9.98. The van der Waals surface area contributed by atoms with E-state index in [1.807, 2.05) is 0 Å². The first-order valence-electron chi connectivity index (χ1n) is 5.98. The molecule has 2 aromatic carbocycles. The molecule has 0 saturated heterocycles. The maximum atomic E-state index is 11.1. The topological polar surface area (TPSA) is 132 Å². The second-order valence-corrected chi connectivity index (χ2v) is 4.45. The predicted octanol–water partition coefficient (Wildman–Crippen LogP) is 2.15. The van der Waals surface area contributed by atoms with Crippen molar-refractivity contribution >= 4 is 17.9 Å².